The molecule has 0 fully saturated rings. The van der Waals surface area contributed by atoms with Crippen LogP contribution in [0.1, 0.15) is 16.8 Å². The summed E-state index contributed by atoms with van der Waals surface area (Å²) in [5, 5.41) is 11.6. The number of hydrogen-bond donors (Lipinski definition) is 2. The molecule has 0 radical (unpaired) electrons. The number of carbonyl (C=O) groups excluding carboxylic acids is 2. The Morgan fingerprint density at radius 1 is 1.15 bits per heavy atom. The Morgan fingerprint density at radius 3 is 2.20 bits per heavy atom. The van der Waals surface area contributed by atoms with Gasteiger partial charge in [-0.3, -0.25) is 4.79 Å². The van der Waals surface area contributed by atoms with Crippen molar-refractivity contribution in [2.24, 2.45) is 0 Å². The number of hydrogen-bond acceptors (Lipinski definition) is 6. The van der Waals surface area contributed by atoms with Crippen LogP contribution in [-0.4, -0.2) is 43.3 Å². The number of aromatic carboxylic acids is 1. The number of nitrogens with one attached hydrogen (secondary N) is 1. The predicted octanol–water partition coefficient (Wildman–Crippen LogP) is 0.901. The van der Waals surface area contributed by atoms with Gasteiger partial charge in [-0.05, 0) is 24.3 Å². The van der Waals surface area contributed by atoms with Gasteiger partial charge in [-0.15, -0.1) is 0 Å². The average Bonchev–Trinajstić information content (AvgIpc) is 2.46. The van der Waals surface area contributed by atoms with Gasteiger partial charge in [-0.25, -0.2) is 9.59 Å². The molecule has 0 heterocycles. The minimum absolute atomic E-state index is 0.123. The van der Waals surface area contributed by atoms with Crippen molar-refractivity contribution in [3.8, 4) is 0 Å². The summed E-state index contributed by atoms with van der Waals surface area (Å²) in [7, 11) is 2.43. The van der Waals surface area contributed by atoms with E-state index in [1.165, 1.54) is 38.5 Å². The van der Waals surface area contributed by atoms with Crippen LogP contribution in [0, 0.1) is 0 Å². The molecule has 0 saturated heterocycles. The molecule has 1 atom stereocenters. The standard InChI is InChI=1S/C13H15NO6/c1-19-11(15)7-10(13(18)20-2)14-9-5-3-8(4-6-9)12(16)17/h3-6,10,14H,7H2,1-2H3,(H,16,17)/t10-/m0/s1. The molecule has 1 rings (SSSR count). The van der Waals surface area contributed by atoms with Crippen molar-refractivity contribution in [1.82, 2.24) is 0 Å². The highest BCUT2D eigenvalue weighted by atomic mass is 16.5. The third-order valence-corrected chi connectivity index (χ3v) is 2.56. The average molecular weight is 281 g/mol. The highest BCUT2D eigenvalue weighted by molar-refractivity contribution is 5.88. The van der Waals surface area contributed by atoms with Crippen molar-refractivity contribution in [2.45, 2.75) is 12.5 Å². The van der Waals surface area contributed by atoms with Gasteiger partial charge >= 0.3 is 17.9 Å². The molecule has 0 aromatic heterocycles. The SMILES string of the molecule is COC(=O)C[C@H](Nc1ccc(C(=O)O)cc1)C(=O)OC. The quantitative estimate of drug-likeness (QED) is 0.747. The van der Waals surface area contributed by atoms with Gasteiger partial charge in [0.15, 0.2) is 0 Å². The molecule has 20 heavy (non-hydrogen) atoms. The minimum atomic E-state index is -1.05. The van der Waals surface area contributed by atoms with Crippen molar-refractivity contribution in [2.75, 3.05) is 19.5 Å². The summed E-state index contributed by atoms with van der Waals surface area (Å²) in [6, 6.07) is 4.87. The van der Waals surface area contributed by atoms with Gasteiger partial charge in [-0.1, -0.05) is 0 Å². The number of benzene rings is 1. The third kappa shape index (κ3) is 4.27. The molecule has 0 bridgehead atoms. The summed E-state index contributed by atoms with van der Waals surface area (Å²) in [5.41, 5.74) is 0.618. The second-order valence-corrected chi connectivity index (χ2v) is 3.88. The van der Waals surface area contributed by atoms with Crippen molar-refractivity contribution in [1.29, 1.82) is 0 Å². The van der Waals surface area contributed by atoms with Crippen LogP contribution in [0.25, 0.3) is 0 Å². The maximum Gasteiger partial charge on any atom is 0.335 e. The van der Waals surface area contributed by atoms with Crippen LogP contribution in [0.2, 0.25) is 0 Å². The van der Waals surface area contributed by atoms with E-state index in [0.29, 0.717) is 5.69 Å². The van der Waals surface area contributed by atoms with Crippen molar-refractivity contribution < 1.29 is 29.0 Å². The van der Waals surface area contributed by atoms with Crippen LogP contribution < -0.4 is 5.32 Å². The van der Waals surface area contributed by atoms with E-state index in [4.69, 9.17) is 5.11 Å². The Morgan fingerprint density at radius 2 is 1.75 bits per heavy atom. The molecule has 108 valence electrons. The number of anilines is 1. The van der Waals surface area contributed by atoms with Crippen LogP contribution >= 0.6 is 0 Å². The lowest BCUT2D eigenvalue weighted by molar-refractivity contribution is -0.148. The van der Waals surface area contributed by atoms with E-state index in [0.717, 1.165) is 0 Å². The van der Waals surface area contributed by atoms with E-state index in [1.807, 2.05) is 0 Å². The number of carbonyl (C=O) groups is 3. The number of carboxylic acids is 1. The summed E-state index contributed by atoms with van der Waals surface area (Å²) in [6.07, 6.45) is -0.191. The zero-order chi connectivity index (χ0) is 15.1. The molecule has 0 aliphatic rings. The van der Waals surface area contributed by atoms with Gasteiger partial charge in [0.05, 0.1) is 26.2 Å². The lowest BCUT2D eigenvalue weighted by Gasteiger charge is -2.16. The Labute approximate surface area is 115 Å². The molecular weight excluding hydrogens is 266 g/mol. The Balaban J connectivity index is 2.80. The molecule has 1 aromatic rings. The highest BCUT2D eigenvalue weighted by Crippen LogP contribution is 2.13. The molecule has 0 saturated carbocycles. The van der Waals surface area contributed by atoms with Crippen LogP contribution in [0.15, 0.2) is 24.3 Å². The maximum atomic E-state index is 11.6. The molecule has 7 nitrogen and oxygen atoms in total. The third-order valence-electron chi connectivity index (χ3n) is 2.56. The van der Waals surface area contributed by atoms with E-state index < -0.39 is 23.9 Å². The van der Waals surface area contributed by atoms with Gasteiger partial charge in [0, 0.05) is 5.69 Å². The first-order valence-corrected chi connectivity index (χ1v) is 5.72. The first kappa shape index (κ1) is 15.5. The van der Waals surface area contributed by atoms with Gasteiger partial charge in [0.1, 0.15) is 6.04 Å². The fourth-order valence-corrected chi connectivity index (χ4v) is 1.50. The molecule has 0 amide bonds. The molecule has 0 aliphatic carbocycles. The number of carboxylic acid groups (broad SMARTS) is 1. The van der Waals surface area contributed by atoms with Gasteiger partial charge in [0.2, 0.25) is 0 Å². The summed E-state index contributed by atoms with van der Waals surface area (Å²) >= 11 is 0. The maximum absolute atomic E-state index is 11.6. The minimum Gasteiger partial charge on any atom is -0.478 e. The Hall–Kier alpha value is -2.57. The Kier molecular flexibility index (Phi) is 5.52. The van der Waals surface area contributed by atoms with E-state index >= 15 is 0 Å². The molecule has 0 unspecified atom stereocenters. The summed E-state index contributed by atoms with van der Waals surface area (Å²) in [6.45, 7) is 0. The second kappa shape index (κ2) is 7.13. The Bertz CT molecular complexity index is 496. The number of esters is 2. The van der Waals surface area contributed by atoms with Crippen molar-refractivity contribution >= 4 is 23.6 Å². The van der Waals surface area contributed by atoms with E-state index in [2.05, 4.69) is 14.8 Å². The van der Waals surface area contributed by atoms with Gasteiger partial charge < -0.3 is 19.9 Å². The first-order chi connectivity index (χ1) is 9.47. The first-order valence-electron chi connectivity index (χ1n) is 5.72. The van der Waals surface area contributed by atoms with E-state index in [-0.39, 0.29) is 12.0 Å². The fourth-order valence-electron chi connectivity index (χ4n) is 1.50. The fraction of sp³-hybridized carbons (Fsp3) is 0.308. The normalized spacial score (nSPS) is 11.3. The molecule has 0 aliphatic heterocycles. The monoisotopic (exact) mass is 281 g/mol. The van der Waals surface area contributed by atoms with Crippen molar-refractivity contribution in [3.05, 3.63) is 29.8 Å². The predicted molar refractivity (Wildman–Crippen MR) is 69.5 cm³/mol. The molecular formula is C13H15NO6. The summed E-state index contributed by atoms with van der Waals surface area (Å²) in [5.74, 6) is -2.22. The van der Waals surface area contributed by atoms with Crippen molar-refractivity contribution in [3.63, 3.8) is 0 Å². The highest BCUT2D eigenvalue weighted by Gasteiger charge is 2.23. The summed E-state index contributed by atoms with van der Waals surface area (Å²) in [4.78, 5) is 33.5. The smallest absolute Gasteiger partial charge is 0.335 e. The van der Waals surface area contributed by atoms with Crippen LogP contribution in [0.3, 0.4) is 0 Å². The zero-order valence-corrected chi connectivity index (χ0v) is 11.1. The number of methoxy groups -OCH3 is 2. The number of rotatable bonds is 6. The van der Waals surface area contributed by atoms with Crippen LogP contribution in [0.5, 0.6) is 0 Å². The lowest BCUT2D eigenvalue weighted by Crippen LogP contribution is -2.33. The van der Waals surface area contributed by atoms with Gasteiger partial charge in [0.25, 0.3) is 0 Å². The molecule has 0 spiro atoms. The second-order valence-electron chi connectivity index (χ2n) is 3.88. The van der Waals surface area contributed by atoms with Gasteiger partial charge in [-0.2, -0.15) is 0 Å². The lowest BCUT2D eigenvalue weighted by atomic mass is 10.1. The number of ether oxygens (including phenoxy) is 2. The largest absolute Gasteiger partial charge is 0.478 e. The molecule has 7 heteroatoms. The van der Waals surface area contributed by atoms with E-state index in [9.17, 15) is 14.4 Å². The van der Waals surface area contributed by atoms with E-state index in [1.54, 1.807) is 0 Å². The van der Waals surface area contributed by atoms with Crippen LogP contribution in [0.4, 0.5) is 5.69 Å². The zero-order valence-electron chi connectivity index (χ0n) is 11.1. The summed E-state index contributed by atoms with van der Waals surface area (Å²) < 4.78 is 9.09. The van der Waals surface area contributed by atoms with Crippen LogP contribution in [-0.2, 0) is 19.1 Å². The topological polar surface area (TPSA) is 102 Å². The molecule has 2 N–H and O–H groups in total. The molecule has 1 aromatic carbocycles.